The standard InChI is InChI=1S/C14H8F4O2/c15-11-4-1-10(8-19)13(7-11)9-2-5-12(6-3-9)20-14(16,17)18/h1-8H. The molecule has 0 saturated carbocycles. The number of hydrogen-bond acceptors (Lipinski definition) is 2. The molecule has 0 saturated heterocycles. The summed E-state index contributed by atoms with van der Waals surface area (Å²) in [5.74, 6) is -0.925. The molecule has 0 unspecified atom stereocenters. The summed E-state index contributed by atoms with van der Waals surface area (Å²) in [5, 5.41) is 0. The Kier molecular flexibility index (Phi) is 3.74. The van der Waals surface area contributed by atoms with E-state index in [-0.39, 0.29) is 11.3 Å². The van der Waals surface area contributed by atoms with E-state index >= 15 is 0 Å². The van der Waals surface area contributed by atoms with Crippen molar-refractivity contribution >= 4 is 6.29 Å². The van der Waals surface area contributed by atoms with Crippen LogP contribution in [0.2, 0.25) is 0 Å². The van der Waals surface area contributed by atoms with Crippen LogP contribution in [0.5, 0.6) is 5.75 Å². The number of alkyl halides is 3. The van der Waals surface area contributed by atoms with Gasteiger partial charge in [0, 0.05) is 5.56 Å². The third-order valence-corrected chi connectivity index (χ3v) is 2.54. The van der Waals surface area contributed by atoms with Gasteiger partial charge in [-0.25, -0.2) is 4.39 Å². The van der Waals surface area contributed by atoms with Crippen LogP contribution in [-0.2, 0) is 0 Å². The number of halogens is 4. The van der Waals surface area contributed by atoms with Crippen molar-refractivity contribution in [1.29, 1.82) is 0 Å². The van der Waals surface area contributed by atoms with E-state index in [9.17, 15) is 22.4 Å². The fraction of sp³-hybridized carbons (Fsp3) is 0.0714. The highest BCUT2D eigenvalue weighted by molar-refractivity contribution is 5.87. The maximum Gasteiger partial charge on any atom is 0.573 e. The Morgan fingerprint density at radius 2 is 1.65 bits per heavy atom. The van der Waals surface area contributed by atoms with Crippen LogP contribution in [0, 0.1) is 5.82 Å². The lowest BCUT2D eigenvalue weighted by molar-refractivity contribution is -0.274. The van der Waals surface area contributed by atoms with Crippen molar-refractivity contribution in [2.75, 3.05) is 0 Å². The molecule has 104 valence electrons. The monoisotopic (exact) mass is 284 g/mol. The van der Waals surface area contributed by atoms with Gasteiger partial charge in [-0.3, -0.25) is 4.79 Å². The van der Waals surface area contributed by atoms with Crippen LogP contribution in [0.4, 0.5) is 17.6 Å². The van der Waals surface area contributed by atoms with Gasteiger partial charge in [0.2, 0.25) is 0 Å². The fourth-order valence-electron chi connectivity index (χ4n) is 1.72. The highest BCUT2D eigenvalue weighted by Gasteiger charge is 2.30. The van der Waals surface area contributed by atoms with Gasteiger partial charge in [-0.15, -0.1) is 13.2 Å². The first-order valence-electron chi connectivity index (χ1n) is 5.50. The molecule has 0 amide bonds. The van der Waals surface area contributed by atoms with Gasteiger partial charge in [-0.2, -0.15) is 0 Å². The summed E-state index contributed by atoms with van der Waals surface area (Å²) >= 11 is 0. The number of carbonyl (C=O) groups is 1. The van der Waals surface area contributed by atoms with E-state index in [0.717, 1.165) is 24.3 Å². The highest BCUT2D eigenvalue weighted by atomic mass is 19.4. The minimum absolute atomic E-state index is 0.246. The first-order chi connectivity index (χ1) is 9.39. The second-order valence-electron chi connectivity index (χ2n) is 3.92. The molecule has 0 N–H and O–H groups in total. The Bertz CT molecular complexity index is 618. The molecule has 0 radical (unpaired) electrons. The molecular formula is C14H8F4O2. The number of aldehydes is 1. The second-order valence-corrected chi connectivity index (χ2v) is 3.92. The molecule has 20 heavy (non-hydrogen) atoms. The summed E-state index contributed by atoms with van der Waals surface area (Å²) in [7, 11) is 0. The van der Waals surface area contributed by atoms with Gasteiger partial charge in [0.1, 0.15) is 11.6 Å². The summed E-state index contributed by atoms with van der Waals surface area (Å²) in [5.41, 5.74) is 0.968. The Hall–Kier alpha value is -2.37. The average Bonchev–Trinajstić information content (AvgIpc) is 2.38. The number of rotatable bonds is 3. The van der Waals surface area contributed by atoms with Gasteiger partial charge < -0.3 is 4.74 Å². The molecule has 0 aliphatic heterocycles. The second kappa shape index (κ2) is 5.32. The molecule has 0 fully saturated rings. The van der Waals surface area contributed by atoms with Crippen LogP contribution < -0.4 is 4.74 Å². The maximum absolute atomic E-state index is 13.2. The smallest absolute Gasteiger partial charge is 0.406 e. The molecule has 6 heteroatoms. The van der Waals surface area contributed by atoms with E-state index in [4.69, 9.17) is 0 Å². The van der Waals surface area contributed by atoms with Crippen molar-refractivity contribution in [3.05, 3.63) is 53.8 Å². The molecule has 2 rings (SSSR count). The Balaban J connectivity index is 2.35. The van der Waals surface area contributed by atoms with Crippen LogP contribution >= 0.6 is 0 Å². The summed E-state index contributed by atoms with van der Waals surface area (Å²) in [6, 6.07) is 8.42. The zero-order valence-corrected chi connectivity index (χ0v) is 9.95. The Morgan fingerprint density at radius 3 is 2.20 bits per heavy atom. The molecular weight excluding hydrogens is 276 g/mol. The van der Waals surface area contributed by atoms with Gasteiger partial charge in [0.25, 0.3) is 0 Å². The minimum Gasteiger partial charge on any atom is -0.406 e. The molecule has 0 aliphatic carbocycles. The quantitative estimate of drug-likeness (QED) is 0.623. The summed E-state index contributed by atoms with van der Waals surface area (Å²) in [4.78, 5) is 10.9. The van der Waals surface area contributed by atoms with Crippen molar-refractivity contribution in [2.45, 2.75) is 6.36 Å². The van der Waals surface area contributed by atoms with Crippen molar-refractivity contribution in [1.82, 2.24) is 0 Å². The maximum atomic E-state index is 13.2. The lowest BCUT2D eigenvalue weighted by atomic mass is 10.0. The molecule has 0 aliphatic rings. The normalized spacial score (nSPS) is 11.2. The SMILES string of the molecule is O=Cc1ccc(F)cc1-c1ccc(OC(F)(F)F)cc1. The zero-order valence-electron chi connectivity index (χ0n) is 9.95. The Labute approximate surface area is 111 Å². The molecule has 0 atom stereocenters. The van der Waals surface area contributed by atoms with E-state index in [1.807, 2.05) is 0 Å². The van der Waals surface area contributed by atoms with E-state index in [1.165, 1.54) is 18.2 Å². The lowest BCUT2D eigenvalue weighted by Gasteiger charge is -2.10. The summed E-state index contributed by atoms with van der Waals surface area (Å²) in [6.07, 6.45) is -4.22. The lowest BCUT2D eigenvalue weighted by Crippen LogP contribution is -2.16. The summed E-state index contributed by atoms with van der Waals surface area (Å²) < 4.78 is 53.0. The number of hydrogen-bond donors (Lipinski definition) is 0. The van der Waals surface area contributed by atoms with Gasteiger partial charge in [0.15, 0.2) is 6.29 Å². The van der Waals surface area contributed by atoms with Crippen LogP contribution in [0.25, 0.3) is 11.1 Å². The van der Waals surface area contributed by atoms with Gasteiger partial charge in [0.05, 0.1) is 0 Å². The highest BCUT2D eigenvalue weighted by Crippen LogP contribution is 2.28. The van der Waals surface area contributed by atoms with Gasteiger partial charge >= 0.3 is 6.36 Å². The van der Waals surface area contributed by atoms with Crippen molar-refractivity contribution < 1.29 is 27.1 Å². The van der Waals surface area contributed by atoms with Crippen molar-refractivity contribution in [3.8, 4) is 16.9 Å². The fourth-order valence-corrected chi connectivity index (χ4v) is 1.72. The molecule has 2 aromatic carbocycles. The molecule has 2 nitrogen and oxygen atoms in total. The van der Waals surface area contributed by atoms with Crippen LogP contribution in [-0.4, -0.2) is 12.6 Å². The van der Waals surface area contributed by atoms with Crippen LogP contribution in [0.3, 0.4) is 0 Å². The molecule has 0 spiro atoms. The summed E-state index contributed by atoms with van der Waals surface area (Å²) in [6.45, 7) is 0. The zero-order chi connectivity index (χ0) is 14.8. The molecule has 0 heterocycles. The first-order valence-corrected chi connectivity index (χ1v) is 5.50. The first kappa shape index (κ1) is 14.0. The third-order valence-electron chi connectivity index (χ3n) is 2.54. The average molecular weight is 284 g/mol. The Morgan fingerprint density at radius 1 is 1.00 bits per heavy atom. The van der Waals surface area contributed by atoms with Crippen molar-refractivity contribution in [2.24, 2.45) is 0 Å². The van der Waals surface area contributed by atoms with Crippen LogP contribution in [0.1, 0.15) is 10.4 Å². The molecule has 2 aromatic rings. The number of ether oxygens (including phenoxy) is 1. The van der Waals surface area contributed by atoms with E-state index in [2.05, 4.69) is 4.74 Å². The van der Waals surface area contributed by atoms with E-state index < -0.39 is 12.2 Å². The molecule has 0 aromatic heterocycles. The minimum atomic E-state index is -4.77. The van der Waals surface area contributed by atoms with Crippen LogP contribution in [0.15, 0.2) is 42.5 Å². The van der Waals surface area contributed by atoms with Gasteiger partial charge in [-0.05, 0) is 41.5 Å². The predicted octanol–water partition coefficient (Wildman–Crippen LogP) is 4.20. The predicted molar refractivity (Wildman–Crippen MR) is 63.9 cm³/mol. The largest absolute Gasteiger partial charge is 0.573 e. The third kappa shape index (κ3) is 3.34. The van der Waals surface area contributed by atoms with E-state index in [0.29, 0.717) is 17.4 Å². The topological polar surface area (TPSA) is 26.3 Å². The van der Waals surface area contributed by atoms with E-state index in [1.54, 1.807) is 0 Å². The number of benzene rings is 2. The van der Waals surface area contributed by atoms with Crippen molar-refractivity contribution in [3.63, 3.8) is 0 Å². The van der Waals surface area contributed by atoms with Gasteiger partial charge in [-0.1, -0.05) is 12.1 Å². The molecule has 0 bridgehead atoms. The number of carbonyl (C=O) groups excluding carboxylic acids is 1.